The molecule has 2 rings (SSSR count). The van der Waals surface area contributed by atoms with E-state index < -0.39 is 34.6 Å². The molecule has 2 aromatic carbocycles. The summed E-state index contributed by atoms with van der Waals surface area (Å²) in [4.78, 5) is 0. The fraction of sp³-hybridized carbons (Fsp3) is 0.200. The van der Waals surface area contributed by atoms with E-state index in [0.717, 1.165) is 36.4 Å². The number of phenols is 1. The lowest BCUT2D eigenvalue weighted by atomic mass is 9.73. The molecule has 0 saturated carbocycles. The molecule has 0 aliphatic heterocycles. The molecule has 0 unspecified atom stereocenters. The summed E-state index contributed by atoms with van der Waals surface area (Å²) in [6, 6.07) is 8.20. The lowest BCUT2D eigenvalue weighted by molar-refractivity contribution is -0.288. The molecular weight excluding hydrogens is 310 g/mol. The molecule has 7 heteroatoms. The highest BCUT2D eigenvalue weighted by molar-refractivity contribution is 5.46. The second-order valence-electron chi connectivity index (χ2n) is 4.66. The van der Waals surface area contributed by atoms with Gasteiger partial charge in [-0.25, -0.2) is 0 Å². The molecule has 0 atom stereocenters. The van der Waals surface area contributed by atoms with Crippen molar-refractivity contribution in [1.82, 2.24) is 0 Å². The largest absolute Gasteiger partial charge is 0.508 e. The lowest BCUT2D eigenvalue weighted by Gasteiger charge is -2.38. The highest BCUT2D eigenvalue weighted by Crippen LogP contribution is 2.56. The Morgan fingerprint density at radius 3 is 1.59 bits per heavy atom. The summed E-state index contributed by atoms with van der Waals surface area (Å²) >= 11 is 0. The molecule has 0 fully saturated rings. The molecule has 1 N–H and O–H groups in total. The Morgan fingerprint density at radius 1 is 0.636 bits per heavy atom. The quantitative estimate of drug-likeness (QED) is 0.788. The third-order valence-electron chi connectivity index (χ3n) is 3.34. The van der Waals surface area contributed by atoms with Gasteiger partial charge in [0.2, 0.25) is 5.41 Å². The molecule has 0 radical (unpaired) electrons. The zero-order valence-corrected chi connectivity index (χ0v) is 10.9. The molecule has 0 heterocycles. The maximum atomic E-state index is 13.6. The zero-order valence-electron chi connectivity index (χ0n) is 10.9. The van der Waals surface area contributed by atoms with E-state index in [2.05, 4.69) is 0 Å². The third-order valence-corrected chi connectivity index (χ3v) is 3.34. The summed E-state index contributed by atoms with van der Waals surface area (Å²) in [7, 11) is 0. The number of aromatic hydroxyl groups is 1. The highest BCUT2D eigenvalue weighted by atomic mass is 19.4. The van der Waals surface area contributed by atoms with Crippen molar-refractivity contribution >= 4 is 0 Å². The third kappa shape index (κ3) is 2.40. The molecule has 0 aliphatic rings. The molecule has 0 amide bonds. The van der Waals surface area contributed by atoms with Gasteiger partial charge in [-0.2, -0.15) is 26.3 Å². The second kappa shape index (κ2) is 5.23. The maximum Gasteiger partial charge on any atom is 0.411 e. The van der Waals surface area contributed by atoms with Crippen LogP contribution in [0.1, 0.15) is 11.1 Å². The topological polar surface area (TPSA) is 20.2 Å². The van der Waals surface area contributed by atoms with Gasteiger partial charge in [-0.05, 0) is 23.3 Å². The van der Waals surface area contributed by atoms with Crippen LogP contribution < -0.4 is 0 Å². The predicted octanol–water partition coefficient (Wildman–Crippen LogP) is 4.80. The molecule has 0 aliphatic carbocycles. The SMILES string of the molecule is Oc1cccc(C(c2ccccc2)(C(F)(F)F)C(F)(F)F)c1. The van der Waals surface area contributed by atoms with E-state index in [-0.39, 0.29) is 0 Å². The molecule has 22 heavy (non-hydrogen) atoms. The zero-order chi connectivity index (χ0) is 16.6. The average molecular weight is 320 g/mol. The molecule has 0 spiro atoms. The fourth-order valence-electron chi connectivity index (χ4n) is 2.41. The van der Waals surface area contributed by atoms with Crippen molar-refractivity contribution in [2.75, 3.05) is 0 Å². The van der Waals surface area contributed by atoms with Crippen LogP contribution in [0.25, 0.3) is 0 Å². The van der Waals surface area contributed by atoms with Crippen LogP contribution in [0.4, 0.5) is 26.3 Å². The van der Waals surface area contributed by atoms with Crippen LogP contribution in [-0.2, 0) is 5.41 Å². The highest BCUT2D eigenvalue weighted by Gasteiger charge is 2.72. The lowest BCUT2D eigenvalue weighted by Crippen LogP contribution is -2.54. The van der Waals surface area contributed by atoms with Crippen molar-refractivity contribution in [3.63, 3.8) is 0 Å². The van der Waals surface area contributed by atoms with E-state index in [1.165, 1.54) is 6.07 Å². The van der Waals surface area contributed by atoms with Crippen LogP contribution in [0.2, 0.25) is 0 Å². The Kier molecular flexibility index (Phi) is 3.85. The van der Waals surface area contributed by atoms with Gasteiger partial charge in [-0.3, -0.25) is 0 Å². The van der Waals surface area contributed by atoms with Gasteiger partial charge >= 0.3 is 12.4 Å². The second-order valence-corrected chi connectivity index (χ2v) is 4.66. The first-order valence-electron chi connectivity index (χ1n) is 6.09. The Balaban J connectivity index is 2.90. The first kappa shape index (κ1) is 16.2. The van der Waals surface area contributed by atoms with E-state index in [4.69, 9.17) is 0 Å². The van der Waals surface area contributed by atoms with Gasteiger partial charge in [0.1, 0.15) is 5.75 Å². The van der Waals surface area contributed by atoms with Crippen molar-refractivity contribution in [3.05, 3.63) is 65.7 Å². The number of alkyl halides is 6. The van der Waals surface area contributed by atoms with Gasteiger partial charge in [-0.15, -0.1) is 0 Å². The molecule has 2 aromatic rings. The monoisotopic (exact) mass is 320 g/mol. The summed E-state index contributed by atoms with van der Waals surface area (Å²) in [5.41, 5.74) is -6.25. The van der Waals surface area contributed by atoms with Gasteiger partial charge in [0.15, 0.2) is 0 Å². The summed E-state index contributed by atoms with van der Waals surface area (Å²) in [6.07, 6.45) is -11.3. The van der Waals surface area contributed by atoms with Gasteiger partial charge in [-0.1, -0.05) is 42.5 Å². The number of benzene rings is 2. The summed E-state index contributed by atoms with van der Waals surface area (Å²) in [5.74, 6) is -0.675. The number of rotatable bonds is 2. The minimum Gasteiger partial charge on any atom is -0.508 e. The van der Waals surface area contributed by atoms with Crippen LogP contribution in [0.15, 0.2) is 54.6 Å². The maximum absolute atomic E-state index is 13.6. The van der Waals surface area contributed by atoms with Crippen molar-refractivity contribution in [2.45, 2.75) is 17.8 Å². The van der Waals surface area contributed by atoms with Gasteiger partial charge < -0.3 is 5.11 Å². The molecule has 0 bridgehead atoms. The van der Waals surface area contributed by atoms with E-state index >= 15 is 0 Å². The number of hydrogen-bond acceptors (Lipinski definition) is 1. The fourth-order valence-corrected chi connectivity index (χ4v) is 2.41. The van der Waals surface area contributed by atoms with Crippen LogP contribution in [0.5, 0.6) is 5.75 Å². The van der Waals surface area contributed by atoms with E-state index in [0.29, 0.717) is 12.1 Å². The van der Waals surface area contributed by atoms with E-state index in [1.54, 1.807) is 0 Å². The van der Waals surface area contributed by atoms with Crippen molar-refractivity contribution in [2.24, 2.45) is 0 Å². The predicted molar refractivity (Wildman–Crippen MR) is 67.4 cm³/mol. The Morgan fingerprint density at radius 2 is 1.14 bits per heavy atom. The standard InChI is InChI=1S/C15H10F6O/c16-14(17,18)13(15(19,20)21,10-5-2-1-3-6-10)11-7-4-8-12(22)9-11/h1-9,22H. The van der Waals surface area contributed by atoms with E-state index in [1.807, 2.05) is 0 Å². The summed E-state index contributed by atoms with van der Waals surface area (Å²) in [5, 5.41) is 9.32. The molecule has 1 nitrogen and oxygen atoms in total. The molecular formula is C15H10F6O. The van der Waals surface area contributed by atoms with Crippen LogP contribution in [-0.4, -0.2) is 17.5 Å². The van der Waals surface area contributed by atoms with Crippen molar-refractivity contribution in [1.29, 1.82) is 0 Å². The first-order chi connectivity index (χ1) is 10.1. The summed E-state index contributed by atoms with van der Waals surface area (Å²) < 4.78 is 81.4. The van der Waals surface area contributed by atoms with Crippen molar-refractivity contribution in [3.8, 4) is 5.75 Å². The van der Waals surface area contributed by atoms with Gasteiger partial charge in [0.25, 0.3) is 0 Å². The minimum absolute atomic E-state index is 0.480. The smallest absolute Gasteiger partial charge is 0.411 e. The van der Waals surface area contributed by atoms with Gasteiger partial charge in [0, 0.05) is 0 Å². The minimum atomic E-state index is -5.64. The van der Waals surface area contributed by atoms with Crippen LogP contribution in [0.3, 0.4) is 0 Å². The molecule has 0 aromatic heterocycles. The van der Waals surface area contributed by atoms with Crippen molar-refractivity contribution < 1.29 is 31.4 Å². The molecule has 118 valence electrons. The van der Waals surface area contributed by atoms with Crippen LogP contribution in [0, 0.1) is 0 Å². The molecule has 0 saturated heterocycles. The van der Waals surface area contributed by atoms with Crippen LogP contribution >= 0.6 is 0 Å². The average Bonchev–Trinajstić information content (AvgIpc) is 2.37. The normalized spacial score (nSPS) is 13.2. The Bertz CT molecular complexity index is 631. The number of hydrogen-bond donors (Lipinski definition) is 1. The summed E-state index contributed by atoms with van der Waals surface area (Å²) in [6.45, 7) is 0. The van der Waals surface area contributed by atoms with Gasteiger partial charge in [0.05, 0.1) is 0 Å². The van der Waals surface area contributed by atoms with E-state index in [9.17, 15) is 31.4 Å². The Hall–Kier alpha value is -2.18. The number of phenolic OH excluding ortho intramolecular Hbond substituents is 1. The first-order valence-corrected chi connectivity index (χ1v) is 6.09. The Labute approximate surface area is 121 Å². The number of halogens is 6.